The molecule has 0 unspecified atom stereocenters. The molecular weight excluding hydrogens is 261 g/mol. The molecule has 6 nitrogen and oxygen atoms in total. The Bertz CT molecular complexity index is 668. The fourth-order valence-corrected chi connectivity index (χ4v) is 2.73. The summed E-state index contributed by atoms with van der Waals surface area (Å²) < 4.78 is 44.2. The molecule has 0 bridgehead atoms. The van der Waals surface area contributed by atoms with E-state index in [1.807, 2.05) is 0 Å². The van der Waals surface area contributed by atoms with E-state index in [0.29, 0.717) is 0 Å². The van der Waals surface area contributed by atoms with Crippen LogP contribution in [-0.2, 0) is 10.0 Å². The van der Waals surface area contributed by atoms with E-state index >= 15 is 0 Å². The van der Waals surface area contributed by atoms with Crippen LogP contribution in [0.5, 0.6) is 0 Å². The number of sulfonamides is 1. The number of nitrogen functional groups attached to an aromatic ring is 1. The number of hydrogen-bond donors (Lipinski definition) is 2. The maximum absolute atomic E-state index is 13.4. The number of nitrogens with two attached hydrogens (primary N) is 1. The number of nitrogens with one attached hydrogen (secondary N) is 1. The lowest BCUT2D eigenvalue weighted by molar-refractivity contribution is 0.420. The van der Waals surface area contributed by atoms with Gasteiger partial charge in [-0.15, -0.1) is 0 Å². The van der Waals surface area contributed by atoms with Crippen molar-refractivity contribution < 1.29 is 17.3 Å². The minimum Gasteiger partial charge on any atom is -0.399 e. The lowest BCUT2D eigenvalue weighted by Crippen LogP contribution is -2.15. The largest absolute Gasteiger partial charge is 0.399 e. The first-order chi connectivity index (χ1) is 8.40. The van der Waals surface area contributed by atoms with Crippen LogP contribution in [0.25, 0.3) is 0 Å². The Balaban J connectivity index is 2.48. The van der Waals surface area contributed by atoms with Crippen LogP contribution in [0.1, 0.15) is 5.56 Å². The SMILES string of the molecule is Cc1c(F)cc(N)cc1S(=O)(=O)Nc1cnoc1. The number of hydrogen-bond acceptors (Lipinski definition) is 5. The van der Waals surface area contributed by atoms with Crippen molar-refractivity contribution in [1.29, 1.82) is 0 Å². The quantitative estimate of drug-likeness (QED) is 0.824. The van der Waals surface area contributed by atoms with Crippen LogP contribution in [0.2, 0.25) is 0 Å². The van der Waals surface area contributed by atoms with Gasteiger partial charge in [-0.1, -0.05) is 5.16 Å². The van der Waals surface area contributed by atoms with E-state index in [4.69, 9.17) is 5.73 Å². The summed E-state index contributed by atoms with van der Waals surface area (Å²) in [5.41, 5.74) is 5.61. The number of benzene rings is 1. The average Bonchev–Trinajstić information content (AvgIpc) is 2.75. The third kappa shape index (κ3) is 2.28. The monoisotopic (exact) mass is 271 g/mol. The average molecular weight is 271 g/mol. The molecule has 0 spiro atoms. The van der Waals surface area contributed by atoms with E-state index in [0.717, 1.165) is 12.3 Å². The summed E-state index contributed by atoms with van der Waals surface area (Å²) in [5.74, 6) is -0.680. The highest BCUT2D eigenvalue weighted by molar-refractivity contribution is 7.92. The molecule has 2 aromatic rings. The Labute approximate surface area is 103 Å². The number of rotatable bonds is 3. The maximum atomic E-state index is 13.4. The molecule has 1 aromatic heterocycles. The third-order valence-electron chi connectivity index (χ3n) is 2.29. The summed E-state index contributed by atoms with van der Waals surface area (Å²) in [4.78, 5) is -0.221. The van der Waals surface area contributed by atoms with Gasteiger partial charge in [0.2, 0.25) is 0 Å². The molecule has 18 heavy (non-hydrogen) atoms. The summed E-state index contributed by atoms with van der Waals surface area (Å²) in [6.45, 7) is 1.36. The molecule has 3 N–H and O–H groups in total. The van der Waals surface area contributed by atoms with Gasteiger partial charge >= 0.3 is 0 Å². The van der Waals surface area contributed by atoms with E-state index in [1.165, 1.54) is 19.2 Å². The molecule has 0 saturated carbocycles. The van der Waals surface area contributed by atoms with Crippen molar-refractivity contribution in [2.45, 2.75) is 11.8 Å². The van der Waals surface area contributed by atoms with Crippen LogP contribution in [0.4, 0.5) is 15.8 Å². The summed E-state index contributed by atoms with van der Waals surface area (Å²) in [6.07, 6.45) is 2.31. The molecule has 1 heterocycles. The fourth-order valence-electron chi connectivity index (χ4n) is 1.42. The predicted octanol–water partition coefficient (Wildman–Crippen LogP) is 1.51. The second-order valence-corrected chi connectivity index (χ2v) is 5.30. The Morgan fingerprint density at radius 2 is 2.17 bits per heavy atom. The van der Waals surface area contributed by atoms with E-state index < -0.39 is 15.8 Å². The van der Waals surface area contributed by atoms with Crippen LogP contribution >= 0.6 is 0 Å². The molecule has 0 atom stereocenters. The Hall–Kier alpha value is -2.09. The first kappa shape index (κ1) is 12.4. The van der Waals surface area contributed by atoms with Gasteiger partial charge in [-0.3, -0.25) is 4.72 Å². The standard InChI is InChI=1S/C10H10FN3O3S/c1-6-9(11)2-7(12)3-10(6)18(15,16)14-8-4-13-17-5-8/h2-5,14H,12H2,1H3. The Morgan fingerprint density at radius 1 is 1.44 bits per heavy atom. The van der Waals surface area contributed by atoms with E-state index in [-0.39, 0.29) is 21.8 Å². The molecule has 96 valence electrons. The number of aromatic nitrogens is 1. The highest BCUT2D eigenvalue weighted by Gasteiger charge is 2.20. The van der Waals surface area contributed by atoms with E-state index in [1.54, 1.807) is 0 Å². The second-order valence-electron chi connectivity index (χ2n) is 3.64. The second kappa shape index (κ2) is 4.30. The molecule has 0 aliphatic carbocycles. The lowest BCUT2D eigenvalue weighted by Gasteiger charge is -2.10. The zero-order chi connectivity index (χ0) is 13.3. The van der Waals surface area contributed by atoms with Crippen LogP contribution in [0.3, 0.4) is 0 Å². The van der Waals surface area contributed by atoms with Gasteiger partial charge in [-0.2, -0.15) is 0 Å². The van der Waals surface area contributed by atoms with Crippen LogP contribution in [0.15, 0.2) is 34.0 Å². The van der Waals surface area contributed by atoms with Crippen molar-refractivity contribution in [1.82, 2.24) is 5.16 Å². The van der Waals surface area contributed by atoms with Crippen LogP contribution < -0.4 is 10.5 Å². The number of nitrogens with zero attached hydrogens (tertiary/aromatic N) is 1. The highest BCUT2D eigenvalue weighted by atomic mass is 32.2. The van der Waals surface area contributed by atoms with Gasteiger partial charge in [-0.05, 0) is 19.1 Å². The van der Waals surface area contributed by atoms with Gasteiger partial charge in [0.15, 0.2) is 0 Å². The molecule has 0 saturated heterocycles. The highest BCUT2D eigenvalue weighted by Crippen LogP contribution is 2.23. The van der Waals surface area contributed by atoms with Crippen molar-refractivity contribution in [3.8, 4) is 0 Å². The van der Waals surface area contributed by atoms with Gasteiger partial charge in [0.1, 0.15) is 17.8 Å². The summed E-state index contributed by atoms with van der Waals surface area (Å²) in [7, 11) is -3.93. The Kier molecular flexibility index (Phi) is 2.95. The molecule has 2 rings (SSSR count). The van der Waals surface area contributed by atoms with Gasteiger partial charge < -0.3 is 10.3 Å². The summed E-state index contributed by atoms with van der Waals surface area (Å²) in [5, 5.41) is 3.36. The van der Waals surface area contributed by atoms with E-state index in [2.05, 4.69) is 14.4 Å². The zero-order valence-corrected chi connectivity index (χ0v) is 10.2. The summed E-state index contributed by atoms with van der Waals surface area (Å²) >= 11 is 0. The van der Waals surface area contributed by atoms with Gasteiger partial charge in [0.05, 0.1) is 11.1 Å². The maximum Gasteiger partial charge on any atom is 0.262 e. The molecular formula is C10H10FN3O3S. The zero-order valence-electron chi connectivity index (χ0n) is 9.34. The topological polar surface area (TPSA) is 98.2 Å². The first-order valence-corrected chi connectivity index (χ1v) is 6.36. The van der Waals surface area contributed by atoms with Crippen molar-refractivity contribution in [2.75, 3.05) is 10.5 Å². The molecule has 8 heteroatoms. The van der Waals surface area contributed by atoms with Crippen molar-refractivity contribution >= 4 is 21.4 Å². The molecule has 0 fully saturated rings. The number of halogens is 1. The lowest BCUT2D eigenvalue weighted by atomic mass is 10.2. The van der Waals surface area contributed by atoms with Crippen molar-refractivity contribution in [3.05, 3.63) is 36.0 Å². The number of anilines is 2. The van der Waals surface area contributed by atoms with Gasteiger partial charge in [0, 0.05) is 11.3 Å². The predicted molar refractivity (Wildman–Crippen MR) is 62.9 cm³/mol. The van der Waals surface area contributed by atoms with E-state index in [9.17, 15) is 12.8 Å². The fraction of sp³-hybridized carbons (Fsp3) is 0.100. The smallest absolute Gasteiger partial charge is 0.262 e. The first-order valence-electron chi connectivity index (χ1n) is 4.88. The minimum atomic E-state index is -3.93. The Morgan fingerprint density at radius 3 is 2.78 bits per heavy atom. The minimum absolute atomic E-state index is 0.00634. The molecule has 0 aliphatic heterocycles. The molecule has 0 radical (unpaired) electrons. The molecule has 1 aromatic carbocycles. The van der Waals surface area contributed by atoms with Crippen molar-refractivity contribution in [2.24, 2.45) is 0 Å². The summed E-state index contributed by atoms with van der Waals surface area (Å²) in [6, 6.07) is 2.25. The van der Waals surface area contributed by atoms with Crippen LogP contribution in [-0.4, -0.2) is 13.6 Å². The molecule has 0 amide bonds. The van der Waals surface area contributed by atoms with Crippen molar-refractivity contribution in [3.63, 3.8) is 0 Å². The van der Waals surface area contributed by atoms with Crippen LogP contribution in [0, 0.1) is 12.7 Å². The van der Waals surface area contributed by atoms with Gasteiger partial charge in [0.25, 0.3) is 10.0 Å². The molecule has 0 aliphatic rings. The van der Waals surface area contributed by atoms with Gasteiger partial charge in [-0.25, -0.2) is 12.8 Å². The third-order valence-corrected chi connectivity index (χ3v) is 3.80. The normalized spacial score (nSPS) is 11.4.